The van der Waals surface area contributed by atoms with Gasteiger partial charge in [-0.15, -0.1) is 22.7 Å². The van der Waals surface area contributed by atoms with E-state index in [1.807, 2.05) is 18.6 Å². The Balaban J connectivity index is 2.34. The van der Waals surface area contributed by atoms with Crippen LogP contribution in [-0.4, -0.2) is 17.0 Å². The fourth-order valence-electron chi connectivity index (χ4n) is 1.63. The molecular weight excluding hydrogens is 238 g/mol. The number of aromatic nitrogens is 2. The Hall–Kier alpha value is -0.780. The largest absolute Gasteiger partial charge is 0.305 e. The zero-order valence-electron chi connectivity index (χ0n) is 9.65. The number of thiazole rings is 2. The summed E-state index contributed by atoms with van der Waals surface area (Å²) < 4.78 is 0. The van der Waals surface area contributed by atoms with E-state index in [1.165, 1.54) is 10.6 Å². The first-order valence-electron chi connectivity index (χ1n) is 5.29. The molecule has 86 valence electrons. The lowest BCUT2D eigenvalue weighted by Gasteiger charge is -2.09. The van der Waals surface area contributed by atoms with Crippen molar-refractivity contribution >= 4 is 22.7 Å². The topological polar surface area (TPSA) is 37.8 Å². The summed E-state index contributed by atoms with van der Waals surface area (Å²) >= 11 is 3.43. The van der Waals surface area contributed by atoms with Gasteiger partial charge in [-0.1, -0.05) is 6.92 Å². The maximum Gasteiger partial charge on any atom is 0.117 e. The molecule has 5 heteroatoms. The van der Waals surface area contributed by atoms with Crippen molar-refractivity contribution < 1.29 is 0 Å². The van der Waals surface area contributed by atoms with Gasteiger partial charge in [0.1, 0.15) is 16.1 Å². The van der Waals surface area contributed by atoms with E-state index in [9.17, 15) is 0 Å². The van der Waals surface area contributed by atoms with Crippen LogP contribution in [0.5, 0.6) is 0 Å². The molecule has 16 heavy (non-hydrogen) atoms. The Morgan fingerprint density at radius 1 is 1.44 bits per heavy atom. The summed E-state index contributed by atoms with van der Waals surface area (Å²) in [6, 6.07) is 0.143. The minimum Gasteiger partial charge on any atom is -0.305 e. The van der Waals surface area contributed by atoms with Gasteiger partial charge < -0.3 is 5.32 Å². The van der Waals surface area contributed by atoms with Crippen molar-refractivity contribution in [3.8, 4) is 0 Å². The molecule has 0 fully saturated rings. The fourth-order valence-corrected chi connectivity index (χ4v) is 3.58. The van der Waals surface area contributed by atoms with Gasteiger partial charge in [0.25, 0.3) is 0 Å². The number of aryl methyl sites for hydroxylation is 2. The van der Waals surface area contributed by atoms with E-state index >= 15 is 0 Å². The molecule has 3 nitrogen and oxygen atoms in total. The molecule has 0 aliphatic heterocycles. The van der Waals surface area contributed by atoms with Gasteiger partial charge in [-0.3, -0.25) is 0 Å². The van der Waals surface area contributed by atoms with Crippen LogP contribution in [0.3, 0.4) is 0 Å². The highest BCUT2D eigenvalue weighted by molar-refractivity contribution is 7.12. The molecule has 0 radical (unpaired) electrons. The van der Waals surface area contributed by atoms with Crippen molar-refractivity contribution in [1.82, 2.24) is 15.3 Å². The maximum absolute atomic E-state index is 4.68. The number of nitrogens with zero attached hydrogens (tertiary/aromatic N) is 2. The Bertz CT molecular complexity index is 448. The summed E-state index contributed by atoms with van der Waals surface area (Å²) in [5, 5.41) is 7.48. The number of hydrogen-bond acceptors (Lipinski definition) is 5. The molecule has 2 aromatic heterocycles. The van der Waals surface area contributed by atoms with Crippen LogP contribution in [0.25, 0.3) is 0 Å². The summed E-state index contributed by atoms with van der Waals surface area (Å²) in [5.41, 5.74) is 1.21. The predicted molar refractivity (Wildman–Crippen MR) is 69.2 cm³/mol. The molecular formula is C11H15N3S2. The van der Waals surface area contributed by atoms with Crippen LogP contribution in [0, 0.1) is 6.92 Å². The third-order valence-corrected chi connectivity index (χ3v) is 4.40. The average Bonchev–Trinajstić information content (AvgIpc) is 2.89. The number of hydrogen-bond donors (Lipinski definition) is 1. The smallest absolute Gasteiger partial charge is 0.117 e. The Labute approximate surface area is 104 Å². The van der Waals surface area contributed by atoms with E-state index < -0.39 is 0 Å². The van der Waals surface area contributed by atoms with Crippen LogP contribution in [-0.2, 0) is 6.42 Å². The molecule has 2 heterocycles. The summed E-state index contributed by atoms with van der Waals surface area (Å²) in [6.45, 7) is 4.28. The molecule has 2 aromatic rings. The van der Waals surface area contributed by atoms with E-state index in [2.05, 4.69) is 29.1 Å². The van der Waals surface area contributed by atoms with Gasteiger partial charge in [0, 0.05) is 16.5 Å². The van der Waals surface area contributed by atoms with Crippen molar-refractivity contribution in [3.63, 3.8) is 0 Å². The predicted octanol–water partition coefficient (Wildman–Crippen LogP) is 2.78. The highest BCUT2D eigenvalue weighted by atomic mass is 32.1. The molecule has 0 bridgehead atoms. The molecule has 1 N–H and O–H groups in total. The van der Waals surface area contributed by atoms with Crippen LogP contribution in [0.15, 0.2) is 11.6 Å². The molecule has 0 aliphatic rings. The van der Waals surface area contributed by atoms with Crippen LogP contribution in [0.1, 0.15) is 33.6 Å². The van der Waals surface area contributed by atoms with Crippen molar-refractivity contribution in [2.24, 2.45) is 0 Å². The Morgan fingerprint density at radius 3 is 2.75 bits per heavy atom. The minimum atomic E-state index is 0.143. The molecule has 1 unspecified atom stereocenters. The van der Waals surface area contributed by atoms with Crippen molar-refractivity contribution in [2.45, 2.75) is 26.3 Å². The molecule has 0 aliphatic carbocycles. The molecule has 0 saturated carbocycles. The quantitative estimate of drug-likeness (QED) is 0.910. The zero-order chi connectivity index (χ0) is 11.5. The van der Waals surface area contributed by atoms with Crippen molar-refractivity contribution in [3.05, 3.63) is 32.2 Å². The third kappa shape index (κ3) is 2.16. The summed E-state index contributed by atoms with van der Waals surface area (Å²) in [5.74, 6) is 0. The van der Waals surface area contributed by atoms with E-state index in [1.54, 1.807) is 22.7 Å². The first-order valence-corrected chi connectivity index (χ1v) is 6.98. The second-order valence-corrected chi connectivity index (χ2v) is 5.66. The highest BCUT2D eigenvalue weighted by Crippen LogP contribution is 2.29. The Morgan fingerprint density at radius 2 is 2.25 bits per heavy atom. The zero-order valence-corrected chi connectivity index (χ0v) is 11.3. The number of rotatable bonds is 4. The first kappa shape index (κ1) is 11.7. The normalized spacial score (nSPS) is 12.9. The molecule has 0 aromatic carbocycles. The lowest BCUT2D eigenvalue weighted by Crippen LogP contribution is -2.17. The maximum atomic E-state index is 4.68. The van der Waals surface area contributed by atoms with E-state index in [0.717, 1.165) is 16.4 Å². The lowest BCUT2D eigenvalue weighted by molar-refractivity contribution is 0.678. The second kappa shape index (κ2) is 5.03. The third-order valence-electron chi connectivity index (χ3n) is 2.48. The average molecular weight is 253 g/mol. The molecule has 0 amide bonds. The van der Waals surface area contributed by atoms with E-state index in [4.69, 9.17) is 0 Å². The van der Waals surface area contributed by atoms with Gasteiger partial charge in [0.05, 0.1) is 5.69 Å². The Kier molecular flexibility index (Phi) is 3.68. The highest BCUT2D eigenvalue weighted by Gasteiger charge is 2.19. The standard InChI is InChI=1S/C11H15N3S2/c1-4-8-7(2)16-11(14-8)9(12-3)10-13-5-6-15-10/h5-6,9,12H,4H2,1-3H3. The first-order chi connectivity index (χ1) is 7.76. The van der Waals surface area contributed by atoms with Crippen LogP contribution >= 0.6 is 22.7 Å². The SMILES string of the molecule is CCc1nc(C(NC)c2nccs2)sc1C. The summed E-state index contributed by atoms with van der Waals surface area (Å²) in [7, 11) is 1.95. The molecule has 2 rings (SSSR count). The van der Waals surface area contributed by atoms with Gasteiger partial charge in [-0.2, -0.15) is 0 Å². The molecule has 1 atom stereocenters. The van der Waals surface area contributed by atoms with Crippen molar-refractivity contribution in [2.75, 3.05) is 7.05 Å². The summed E-state index contributed by atoms with van der Waals surface area (Å²) in [4.78, 5) is 10.3. The second-order valence-electron chi connectivity index (χ2n) is 3.50. The van der Waals surface area contributed by atoms with Gasteiger partial charge in [0.15, 0.2) is 0 Å². The molecule has 0 saturated heterocycles. The van der Waals surface area contributed by atoms with Gasteiger partial charge >= 0.3 is 0 Å². The van der Waals surface area contributed by atoms with Gasteiger partial charge in [-0.25, -0.2) is 9.97 Å². The number of nitrogens with one attached hydrogen (secondary N) is 1. The van der Waals surface area contributed by atoms with Gasteiger partial charge in [0.2, 0.25) is 0 Å². The monoisotopic (exact) mass is 253 g/mol. The van der Waals surface area contributed by atoms with Crippen molar-refractivity contribution in [1.29, 1.82) is 0 Å². The van der Waals surface area contributed by atoms with E-state index in [-0.39, 0.29) is 6.04 Å². The fraction of sp³-hybridized carbons (Fsp3) is 0.455. The van der Waals surface area contributed by atoms with E-state index in [0.29, 0.717) is 0 Å². The van der Waals surface area contributed by atoms with Crippen LogP contribution in [0.2, 0.25) is 0 Å². The lowest BCUT2D eigenvalue weighted by atomic mass is 10.3. The van der Waals surface area contributed by atoms with Gasteiger partial charge in [-0.05, 0) is 20.4 Å². The van der Waals surface area contributed by atoms with Crippen LogP contribution in [0.4, 0.5) is 0 Å². The summed E-state index contributed by atoms with van der Waals surface area (Å²) in [6.07, 6.45) is 2.84. The van der Waals surface area contributed by atoms with Crippen LogP contribution < -0.4 is 5.32 Å². The molecule has 0 spiro atoms. The minimum absolute atomic E-state index is 0.143.